The van der Waals surface area contributed by atoms with Crippen molar-refractivity contribution < 1.29 is 0 Å². The number of rotatable bonds is 16. The van der Waals surface area contributed by atoms with Crippen molar-refractivity contribution in [1.82, 2.24) is 0 Å². The molecule has 21 heavy (non-hydrogen) atoms. The first-order valence-electron chi connectivity index (χ1n) is 8.68. The summed E-state index contributed by atoms with van der Waals surface area (Å²) < 4.78 is 0. The van der Waals surface area contributed by atoms with Crippen LogP contribution in [0.3, 0.4) is 0 Å². The van der Waals surface area contributed by atoms with Crippen LogP contribution < -0.4 is 0 Å². The second kappa shape index (κ2) is 14.3. The molecule has 0 N–H and O–H groups in total. The molecule has 0 bridgehead atoms. The standard InChI is InChI=1S/C20H37P/c1-5-9-13-17-21(18-14-10-6-2,19-15-11-7-3)20-16-12-8-4/h5-8,21H,1-4,9-20H2. The van der Waals surface area contributed by atoms with Crippen LogP contribution >= 0.6 is 7.26 Å². The molecule has 0 rings (SSSR count). The molecule has 122 valence electrons. The molecule has 0 unspecified atom stereocenters. The molecule has 0 atom stereocenters. The second-order valence-corrected chi connectivity index (χ2v) is 11.2. The second-order valence-electron chi connectivity index (χ2n) is 6.22. The first-order valence-corrected chi connectivity index (χ1v) is 11.5. The van der Waals surface area contributed by atoms with E-state index >= 15 is 0 Å². The molecule has 0 aliphatic carbocycles. The van der Waals surface area contributed by atoms with Crippen molar-refractivity contribution in [3.63, 3.8) is 0 Å². The van der Waals surface area contributed by atoms with E-state index in [1.54, 1.807) is 0 Å². The van der Waals surface area contributed by atoms with Crippen LogP contribution in [0, 0.1) is 0 Å². The van der Waals surface area contributed by atoms with Crippen LogP contribution in [0.2, 0.25) is 0 Å². The molecule has 0 fully saturated rings. The van der Waals surface area contributed by atoms with Crippen molar-refractivity contribution in [2.45, 2.75) is 51.4 Å². The van der Waals surface area contributed by atoms with Gasteiger partial charge < -0.3 is 0 Å². The molecular weight excluding hydrogens is 271 g/mol. The summed E-state index contributed by atoms with van der Waals surface area (Å²) >= 11 is 0. The van der Waals surface area contributed by atoms with Crippen LogP contribution in [0.25, 0.3) is 0 Å². The van der Waals surface area contributed by atoms with Crippen LogP contribution in [0.4, 0.5) is 0 Å². The summed E-state index contributed by atoms with van der Waals surface area (Å²) in [4.78, 5) is 0. The minimum absolute atomic E-state index is 1.14. The van der Waals surface area contributed by atoms with E-state index in [1.165, 1.54) is 76.0 Å². The maximum atomic E-state index is 3.88. The Labute approximate surface area is 134 Å². The Balaban J connectivity index is 4.66. The molecule has 0 saturated carbocycles. The summed E-state index contributed by atoms with van der Waals surface area (Å²) in [5.74, 6) is 0. The van der Waals surface area contributed by atoms with Gasteiger partial charge in [-0.3, -0.25) is 0 Å². The Bertz CT molecular complexity index is 229. The fourth-order valence-corrected chi connectivity index (χ4v) is 8.55. The summed E-state index contributed by atoms with van der Waals surface area (Å²) in [7, 11) is -1.14. The van der Waals surface area contributed by atoms with E-state index in [0.29, 0.717) is 0 Å². The molecule has 0 radical (unpaired) electrons. The van der Waals surface area contributed by atoms with E-state index in [-0.39, 0.29) is 0 Å². The van der Waals surface area contributed by atoms with Gasteiger partial charge in [0, 0.05) is 0 Å². The van der Waals surface area contributed by atoms with Gasteiger partial charge in [0.05, 0.1) is 0 Å². The molecule has 0 nitrogen and oxygen atoms in total. The van der Waals surface area contributed by atoms with E-state index in [2.05, 4.69) is 50.6 Å². The third-order valence-electron chi connectivity index (χ3n) is 4.46. The van der Waals surface area contributed by atoms with Gasteiger partial charge in [-0.1, -0.05) is 0 Å². The molecule has 0 aromatic heterocycles. The average molecular weight is 308 g/mol. The quantitative estimate of drug-likeness (QED) is 0.171. The van der Waals surface area contributed by atoms with Gasteiger partial charge in [0.25, 0.3) is 0 Å². The maximum absolute atomic E-state index is 3.88. The predicted molar refractivity (Wildman–Crippen MR) is 106 cm³/mol. The zero-order valence-corrected chi connectivity index (χ0v) is 15.1. The van der Waals surface area contributed by atoms with Crippen molar-refractivity contribution in [3.05, 3.63) is 50.6 Å². The normalized spacial score (nSPS) is 11.8. The Morgan fingerprint density at radius 1 is 0.476 bits per heavy atom. The summed E-state index contributed by atoms with van der Waals surface area (Å²) in [5.41, 5.74) is 0. The van der Waals surface area contributed by atoms with Crippen LogP contribution in [0.15, 0.2) is 50.6 Å². The number of hydrogen-bond acceptors (Lipinski definition) is 0. The molecule has 0 aromatic carbocycles. The topological polar surface area (TPSA) is 0 Å². The predicted octanol–water partition coefficient (Wildman–Crippen LogP) is 6.60. The van der Waals surface area contributed by atoms with E-state index in [4.69, 9.17) is 0 Å². The molecule has 0 saturated heterocycles. The zero-order chi connectivity index (χ0) is 15.8. The van der Waals surface area contributed by atoms with E-state index in [1.807, 2.05) is 0 Å². The van der Waals surface area contributed by atoms with Crippen molar-refractivity contribution in [1.29, 1.82) is 0 Å². The van der Waals surface area contributed by atoms with E-state index in [0.717, 1.165) is 0 Å². The zero-order valence-electron chi connectivity index (χ0n) is 14.1. The monoisotopic (exact) mass is 308 g/mol. The molecule has 0 aliphatic rings. The summed E-state index contributed by atoms with van der Waals surface area (Å²) in [6, 6.07) is 0. The van der Waals surface area contributed by atoms with Crippen molar-refractivity contribution in [3.8, 4) is 0 Å². The molecule has 0 aromatic rings. The molecular formula is C20H37P. The third-order valence-corrected chi connectivity index (χ3v) is 10.1. The van der Waals surface area contributed by atoms with Crippen molar-refractivity contribution >= 4 is 7.26 Å². The summed E-state index contributed by atoms with van der Waals surface area (Å²) in [6.45, 7) is 15.5. The van der Waals surface area contributed by atoms with Crippen LogP contribution in [0.5, 0.6) is 0 Å². The molecule has 0 aliphatic heterocycles. The fourth-order valence-electron chi connectivity index (χ4n) is 3.24. The van der Waals surface area contributed by atoms with E-state index in [9.17, 15) is 0 Å². The van der Waals surface area contributed by atoms with Gasteiger partial charge in [-0.15, -0.1) is 0 Å². The molecule has 0 amide bonds. The first-order chi connectivity index (χ1) is 10.2. The van der Waals surface area contributed by atoms with Gasteiger partial charge in [0.2, 0.25) is 0 Å². The SMILES string of the molecule is C=CCCC[PH](CCCC=C)(CCCC=C)CCCC=C. The van der Waals surface area contributed by atoms with Crippen LogP contribution in [-0.2, 0) is 0 Å². The van der Waals surface area contributed by atoms with Gasteiger partial charge in [-0.05, 0) is 0 Å². The third kappa shape index (κ3) is 10.7. The average Bonchev–Trinajstić information content (AvgIpc) is 2.48. The van der Waals surface area contributed by atoms with Gasteiger partial charge >= 0.3 is 134 Å². The number of allylic oxidation sites excluding steroid dienone is 4. The summed E-state index contributed by atoms with van der Waals surface area (Å²) in [6.07, 6.45) is 24.3. The van der Waals surface area contributed by atoms with E-state index < -0.39 is 7.26 Å². The van der Waals surface area contributed by atoms with Crippen LogP contribution in [-0.4, -0.2) is 24.6 Å². The minimum atomic E-state index is -1.14. The van der Waals surface area contributed by atoms with Gasteiger partial charge in [0.1, 0.15) is 0 Å². The van der Waals surface area contributed by atoms with Crippen molar-refractivity contribution in [2.75, 3.05) is 24.6 Å². The Morgan fingerprint density at radius 3 is 0.905 bits per heavy atom. The van der Waals surface area contributed by atoms with Gasteiger partial charge in [0.15, 0.2) is 0 Å². The van der Waals surface area contributed by atoms with Crippen LogP contribution in [0.1, 0.15) is 51.4 Å². The molecule has 0 spiro atoms. The Kier molecular flexibility index (Phi) is 13.9. The van der Waals surface area contributed by atoms with Gasteiger partial charge in [-0.2, -0.15) is 0 Å². The van der Waals surface area contributed by atoms with Gasteiger partial charge in [-0.25, -0.2) is 0 Å². The number of unbranched alkanes of at least 4 members (excludes halogenated alkanes) is 4. The fraction of sp³-hybridized carbons (Fsp3) is 0.600. The summed E-state index contributed by atoms with van der Waals surface area (Å²) in [5, 5.41) is 0. The Hall–Kier alpha value is -0.610. The first kappa shape index (κ1) is 20.4. The number of hydrogen-bond donors (Lipinski definition) is 0. The Morgan fingerprint density at radius 2 is 0.714 bits per heavy atom. The van der Waals surface area contributed by atoms with Crippen molar-refractivity contribution in [2.24, 2.45) is 0 Å². The molecule has 0 heterocycles. The molecule has 1 heteroatoms.